The van der Waals surface area contributed by atoms with Gasteiger partial charge < -0.3 is 5.32 Å². The zero-order valence-electron chi connectivity index (χ0n) is 12.0. The number of aromatic nitrogens is 3. The third kappa shape index (κ3) is 2.95. The van der Waals surface area contributed by atoms with Gasteiger partial charge in [0.2, 0.25) is 0 Å². The van der Waals surface area contributed by atoms with E-state index in [9.17, 15) is 8.78 Å². The van der Waals surface area contributed by atoms with Crippen LogP contribution in [0, 0.1) is 18.6 Å². The first-order valence-electron chi connectivity index (χ1n) is 6.39. The van der Waals surface area contributed by atoms with Crippen LogP contribution in [0.2, 0.25) is 0 Å². The zero-order valence-corrected chi connectivity index (χ0v) is 12.0. The first-order valence-corrected chi connectivity index (χ1v) is 6.39. The molecular weight excluding hydrogens is 262 g/mol. The monoisotopic (exact) mass is 280 g/mol. The van der Waals surface area contributed by atoms with E-state index in [1.807, 2.05) is 20.8 Å². The third-order valence-electron chi connectivity index (χ3n) is 2.96. The number of nitrogens with zero attached hydrogens (tertiary/aromatic N) is 3. The van der Waals surface area contributed by atoms with Crippen molar-refractivity contribution < 1.29 is 8.78 Å². The minimum Gasteiger partial charge on any atom is -0.374 e. The second kappa shape index (κ2) is 5.19. The first-order chi connectivity index (χ1) is 9.29. The van der Waals surface area contributed by atoms with Crippen LogP contribution >= 0.6 is 0 Å². The molecule has 20 heavy (non-hydrogen) atoms. The molecule has 1 heterocycles. The number of hydrogen-bond acceptors (Lipinski definition) is 3. The van der Waals surface area contributed by atoms with Gasteiger partial charge in [0.1, 0.15) is 17.2 Å². The smallest absolute Gasteiger partial charge is 0.152 e. The van der Waals surface area contributed by atoms with E-state index in [2.05, 4.69) is 15.6 Å². The Morgan fingerprint density at radius 1 is 1.25 bits per heavy atom. The van der Waals surface area contributed by atoms with Crippen molar-refractivity contribution in [3.8, 4) is 0 Å². The molecule has 0 aliphatic heterocycles. The van der Waals surface area contributed by atoms with Gasteiger partial charge in [-0.3, -0.25) is 0 Å². The van der Waals surface area contributed by atoms with Crippen LogP contribution in [-0.2, 0) is 12.1 Å². The Labute approximate surface area is 116 Å². The molecule has 0 radical (unpaired) electrons. The average Bonchev–Trinajstić information content (AvgIpc) is 2.83. The lowest BCUT2D eigenvalue weighted by atomic mass is 10.1. The summed E-state index contributed by atoms with van der Waals surface area (Å²) in [7, 11) is 0. The molecule has 2 aromatic rings. The lowest BCUT2D eigenvalue weighted by Crippen LogP contribution is -2.22. The predicted molar refractivity (Wildman–Crippen MR) is 73.4 cm³/mol. The maximum atomic E-state index is 13.8. The van der Waals surface area contributed by atoms with Crippen LogP contribution < -0.4 is 5.32 Å². The van der Waals surface area contributed by atoms with Crippen LogP contribution in [0.15, 0.2) is 18.3 Å². The Morgan fingerprint density at radius 2 is 1.95 bits per heavy atom. The molecule has 108 valence electrons. The number of anilines is 1. The van der Waals surface area contributed by atoms with Gasteiger partial charge in [-0.05, 0) is 39.3 Å². The Balaban J connectivity index is 2.14. The molecule has 6 heteroatoms. The number of halogens is 2. The van der Waals surface area contributed by atoms with Crippen LogP contribution in [0.4, 0.5) is 14.5 Å². The van der Waals surface area contributed by atoms with E-state index in [1.165, 1.54) is 12.1 Å². The van der Waals surface area contributed by atoms with Gasteiger partial charge in [-0.15, -0.1) is 5.10 Å². The van der Waals surface area contributed by atoms with Crippen LogP contribution in [0.3, 0.4) is 0 Å². The normalized spacial score (nSPS) is 11.7. The number of aryl methyl sites for hydroxylation is 1. The van der Waals surface area contributed by atoms with E-state index >= 15 is 0 Å². The summed E-state index contributed by atoms with van der Waals surface area (Å²) in [6, 6.07) is 2.65. The van der Waals surface area contributed by atoms with E-state index in [-0.39, 0.29) is 17.8 Å². The van der Waals surface area contributed by atoms with Gasteiger partial charge in [0, 0.05) is 0 Å². The van der Waals surface area contributed by atoms with Crippen LogP contribution in [-0.4, -0.2) is 15.0 Å². The molecule has 0 saturated heterocycles. The van der Waals surface area contributed by atoms with E-state index in [4.69, 9.17) is 0 Å². The molecule has 1 N–H and O–H groups in total. The minimum absolute atomic E-state index is 0.129. The largest absolute Gasteiger partial charge is 0.374 e. The highest BCUT2D eigenvalue weighted by atomic mass is 19.1. The molecule has 0 bridgehead atoms. The fourth-order valence-electron chi connectivity index (χ4n) is 1.70. The third-order valence-corrected chi connectivity index (χ3v) is 2.96. The molecule has 0 amide bonds. The Bertz CT molecular complexity index is 614. The molecule has 4 nitrogen and oxygen atoms in total. The summed E-state index contributed by atoms with van der Waals surface area (Å²) in [5, 5.41) is 10.7. The summed E-state index contributed by atoms with van der Waals surface area (Å²) >= 11 is 0. The van der Waals surface area contributed by atoms with Crippen molar-refractivity contribution in [2.45, 2.75) is 39.8 Å². The van der Waals surface area contributed by atoms with Crippen LogP contribution in [0.1, 0.15) is 32.0 Å². The Hall–Kier alpha value is -1.98. The number of nitrogens with one attached hydrogen (secondary N) is 1. The SMILES string of the molecule is Cc1ccc(F)c(NCc2cn(C(C)(C)C)nn2)c1F. The molecular formula is C14H18F2N4. The molecule has 0 fully saturated rings. The van der Waals surface area contributed by atoms with Gasteiger partial charge in [0.25, 0.3) is 0 Å². The summed E-state index contributed by atoms with van der Waals surface area (Å²) in [5.41, 5.74) is 0.716. The summed E-state index contributed by atoms with van der Waals surface area (Å²) in [6.45, 7) is 7.81. The Morgan fingerprint density at radius 3 is 2.55 bits per heavy atom. The van der Waals surface area contributed by atoms with Gasteiger partial charge in [-0.25, -0.2) is 13.5 Å². The zero-order chi connectivity index (χ0) is 14.9. The fraction of sp³-hybridized carbons (Fsp3) is 0.429. The molecule has 2 rings (SSSR count). The van der Waals surface area contributed by atoms with Crippen molar-refractivity contribution in [1.29, 1.82) is 0 Å². The average molecular weight is 280 g/mol. The van der Waals surface area contributed by atoms with Gasteiger partial charge in [-0.2, -0.15) is 0 Å². The van der Waals surface area contributed by atoms with Crippen LogP contribution in [0.25, 0.3) is 0 Å². The highest BCUT2D eigenvalue weighted by Gasteiger charge is 2.16. The van der Waals surface area contributed by atoms with Crippen molar-refractivity contribution in [3.05, 3.63) is 41.2 Å². The number of benzene rings is 1. The quantitative estimate of drug-likeness (QED) is 0.938. The van der Waals surface area contributed by atoms with E-state index in [1.54, 1.807) is 17.8 Å². The lowest BCUT2D eigenvalue weighted by Gasteiger charge is -2.17. The fourth-order valence-corrected chi connectivity index (χ4v) is 1.70. The van der Waals surface area contributed by atoms with Crippen LogP contribution in [0.5, 0.6) is 0 Å². The predicted octanol–water partition coefficient (Wildman–Crippen LogP) is 3.23. The Kier molecular flexibility index (Phi) is 3.74. The van der Waals surface area contributed by atoms with Crippen molar-refractivity contribution in [2.75, 3.05) is 5.32 Å². The molecule has 0 atom stereocenters. The summed E-state index contributed by atoms with van der Waals surface area (Å²) in [4.78, 5) is 0. The van der Waals surface area contributed by atoms with Crippen molar-refractivity contribution in [1.82, 2.24) is 15.0 Å². The molecule has 1 aromatic carbocycles. The van der Waals surface area contributed by atoms with Gasteiger partial charge >= 0.3 is 0 Å². The van der Waals surface area contributed by atoms with Gasteiger partial charge in [0.05, 0.1) is 18.3 Å². The van der Waals surface area contributed by atoms with E-state index < -0.39 is 11.6 Å². The van der Waals surface area contributed by atoms with Gasteiger partial charge in [-0.1, -0.05) is 11.3 Å². The van der Waals surface area contributed by atoms with Gasteiger partial charge in [0.15, 0.2) is 5.82 Å². The molecule has 0 aliphatic carbocycles. The highest BCUT2D eigenvalue weighted by Crippen LogP contribution is 2.22. The molecule has 1 aromatic heterocycles. The molecule has 0 unspecified atom stereocenters. The summed E-state index contributed by atoms with van der Waals surface area (Å²) < 4.78 is 29.1. The first kappa shape index (κ1) is 14.4. The lowest BCUT2D eigenvalue weighted by molar-refractivity contribution is 0.347. The summed E-state index contributed by atoms with van der Waals surface area (Å²) in [5.74, 6) is -1.19. The topological polar surface area (TPSA) is 42.7 Å². The highest BCUT2D eigenvalue weighted by molar-refractivity contribution is 5.49. The number of hydrogen-bond donors (Lipinski definition) is 1. The van der Waals surface area contributed by atoms with Crippen molar-refractivity contribution in [3.63, 3.8) is 0 Å². The second-order valence-corrected chi connectivity index (χ2v) is 5.73. The summed E-state index contributed by atoms with van der Waals surface area (Å²) in [6.07, 6.45) is 1.76. The maximum absolute atomic E-state index is 13.8. The van der Waals surface area contributed by atoms with E-state index in [0.717, 1.165) is 0 Å². The second-order valence-electron chi connectivity index (χ2n) is 5.73. The number of rotatable bonds is 3. The minimum atomic E-state index is -0.615. The molecule has 0 spiro atoms. The van der Waals surface area contributed by atoms with Crippen molar-refractivity contribution >= 4 is 5.69 Å². The maximum Gasteiger partial charge on any atom is 0.152 e. The standard InChI is InChI=1S/C14H18F2N4/c1-9-5-6-11(15)13(12(9)16)17-7-10-8-20(19-18-10)14(2,3)4/h5-6,8,17H,7H2,1-4H3. The van der Waals surface area contributed by atoms with Crippen molar-refractivity contribution in [2.24, 2.45) is 0 Å². The van der Waals surface area contributed by atoms with E-state index in [0.29, 0.717) is 11.3 Å². The molecule has 0 saturated carbocycles. The molecule has 0 aliphatic rings.